The predicted molar refractivity (Wildman–Crippen MR) is 54.3 cm³/mol. The second-order valence-corrected chi connectivity index (χ2v) is 4.05. The van der Waals surface area contributed by atoms with Crippen LogP contribution in [0.1, 0.15) is 23.1 Å². The van der Waals surface area contributed by atoms with Crippen molar-refractivity contribution < 1.29 is 14.6 Å². The molecule has 1 aliphatic carbocycles. The molecule has 0 radical (unpaired) electrons. The molecule has 0 saturated carbocycles. The van der Waals surface area contributed by atoms with Gasteiger partial charge in [-0.2, -0.15) is 0 Å². The fraction of sp³-hybridized carbons (Fsp3) is 0.500. The minimum absolute atomic E-state index is 0.0965. The molecule has 1 aromatic carbocycles. The Morgan fingerprint density at radius 2 is 2.07 bits per heavy atom. The van der Waals surface area contributed by atoms with Crippen molar-refractivity contribution in [2.45, 2.75) is 25.2 Å². The first-order valence-electron chi connectivity index (χ1n) is 5.36. The van der Waals surface area contributed by atoms with E-state index in [0.29, 0.717) is 13.2 Å². The standard InChI is InChI=1S/C12H14O3/c13-8-9-2-1-3-11-10(9)4-5-12(11)14-6-7-15-12/h1-3,13H,4-8H2. The molecule has 1 aromatic rings. The zero-order valence-corrected chi connectivity index (χ0v) is 8.53. The molecule has 2 aliphatic rings. The van der Waals surface area contributed by atoms with Gasteiger partial charge in [0.05, 0.1) is 19.8 Å². The Hall–Kier alpha value is -0.900. The lowest BCUT2D eigenvalue weighted by atomic mass is 10.0. The molecule has 3 nitrogen and oxygen atoms in total. The number of fused-ring (bicyclic) bond motifs is 2. The molecule has 15 heavy (non-hydrogen) atoms. The van der Waals surface area contributed by atoms with Crippen molar-refractivity contribution in [3.05, 3.63) is 34.9 Å². The molecule has 1 saturated heterocycles. The summed E-state index contributed by atoms with van der Waals surface area (Å²) in [6.45, 7) is 1.44. The first-order valence-corrected chi connectivity index (χ1v) is 5.36. The maximum atomic E-state index is 9.25. The van der Waals surface area contributed by atoms with Gasteiger partial charge in [0.25, 0.3) is 0 Å². The lowest BCUT2D eigenvalue weighted by Crippen LogP contribution is -2.23. The van der Waals surface area contributed by atoms with E-state index in [1.165, 1.54) is 5.56 Å². The maximum absolute atomic E-state index is 9.25. The first kappa shape index (κ1) is 9.33. The highest BCUT2D eigenvalue weighted by Gasteiger charge is 2.44. The Labute approximate surface area is 88.6 Å². The Balaban J connectivity index is 2.10. The summed E-state index contributed by atoms with van der Waals surface area (Å²) in [6.07, 6.45) is 1.81. The number of rotatable bonds is 1. The smallest absolute Gasteiger partial charge is 0.195 e. The highest BCUT2D eigenvalue weighted by Crippen LogP contribution is 2.44. The molecule has 1 heterocycles. The zero-order valence-electron chi connectivity index (χ0n) is 8.53. The summed E-state index contributed by atoms with van der Waals surface area (Å²) in [4.78, 5) is 0. The van der Waals surface area contributed by atoms with Crippen LogP contribution < -0.4 is 0 Å². The van der Waals surface area contributed by atoms with Gasteiger partial charge in [0.1, 0.15) is 0 Å². The lowest BCUT2D eigenvalue weighted by molar-refractivity contribution is -0.163. The SMILES string of the molecule is OCc1cccc2c1CCC21OCCO1. The number of hydrogen-bond donors (Lipinski definition) is 1. The van der Waals surface area contributed by atoms with E-state index in [1.54, 1.807) is 0 Å². The zero-order chi connectivity index (χ0) is 10.3. The molecule has 0 bridgehead atoms. The Bertz CT molecular complexity index is 380. The van der Waals surface area contributed by atoms with E-state index in [4.69, 9.17) is 9.47 Å². The van der Waals surface area contributed by atoms with Gasteiger partial charge in [-0.25, -0.2) is 0 Å². The quantitative estimate of drug-likeness (QED) is 0.753. The van der Waals surface area contributed by atoms with Crippen molar-refractivity contribution in [2.24, 2.45) is 0 Å². The number of ether oxygens (including phenoxy) is 2. The molecule has 1 spiro atoms. The molecule has 1 aliphatic heterocycles. The third-order valence-corrected chi connectivity index (χ3v) is 3.31. The third kappa shape index (κ3) is 1.24. The second-order valence-electron chi connectivity index (χ2n) is 4.05. The van der Waals surface area contributed by atoms with Crippen LogP contribution in [0, 0.1) is 0 Å². The number of hydrogen-bond acceptors (Lipinski definition) is 3. The highest BCUT2D eigenvalue weighted by atomic mass is 16.7. The van der Waals surface area contributed by atoms with Gasteiger partial charge in [0.2, 0.25) is 0 Å². The third-order valence-electron chi connectivity index (χ3n) is 3.31. The summed E-state index contributed by atoms with van der Waals surface area (Å²) in [5, 5.41) is 9.25. The van der Waals surface area contributed by atoms with E-state index < -0.39 is 5.79 Å². The average molecular weight is 206 g/mol. The molecule has 3 rings (SSSR count). The summed E-state index contributed by atoms with van der Waals surface area (Å²) in [5.74, 6) is -0.499. The van der Waals surface area contributed by atoms with E-state index in [2.05, 4.69) is 0 Å². The summed E-state index contributed by atoms with van der Waals surface area (Å²) in [7, 11) is 0. The molecular weight excluding hydrogens is 192 g/mol. The van der Waals surface area contributed by atoms with Gasteiger partial charge in [0.15, 0.2) is 5.79 Å². The van der Waals surface area contributed by atoms with E-state index >= 15 is 0 Å². The number of aliphatic hydroxyl groups excluding tert-OH is 1. The maximum Gasteiger partial charge on any atom is 0.195 e. The Morgan fingerprint density at radius 1 is 1.27 bits per heavy atom. The highest BCUT2D eigenvalue weighted by molar-refractivity contribution is 5.41. The summed E-state index contributed by atoms with van der Waals surface area (Å²) in [6, 6.07) is 5.97. The van der Waals surface area contributed by atoms with Gasteiger partial charge in [-0.05, 0) is 17.5 Å². The van der Waals surface area contributed by atoms with Crippen LogP contribution in [0.15, 0.2) is 18.2 Å². The molecule has 0 aromatic heterocycles. The van der Waals surface area contributed by atoms with Crippen molar-refractivity contribution in [2.75, 3.05) is 13.2 Å². The monoisotopic (exact) mass is 206 g/mol. The molecule has 0 amide bonds. The molecule has 0 unspecified atom stereocenters. The van der Waals surface area contributed by atoms with E-state index in [1.807, 2.05) is 18.2 Å². The molecule has 1 N–H and O–H groups in total. The van der Waals surface area contributed by atoms with Gasteiger partial charge in [0, 0.05) is 12.0 Å². The van der Waals surface area contributed by atoms with Gasteiger partial charge >= 0.3 is 0 Å². The van der Waals surface area contributed by atoms with Crippen molar-refractivity contribution in [3.8, 4) is 0 Å². The van der Waals surface area contributed by atoms with Gasteiger partial charge < -0.3 is 14.6 Å². The van der Waals surface area contributed by atoms with E-state index in [0.717, 1.165) is 24.0 Å². The summed E-state index contributed by atoms with van der Waals surface area (Å²) >= 11 is 0. The molecule has 3 heteroatoms. The fourth-order valence-electron chi connectivity index (χ4n) is 2.61. The molecule has 1 fully saturated rings. The second kappa shape index (κ2) is 3.30. The lowest BCUT2D eigenvalue weighted by Gasteiger charge is -2.22. The van der Waals surface area contributed by atoms with E-state index in [-0.39, 0.29) is 6.61 Å². The van der Waals surface area contributed by atoms with Gasteiger partial charge in [-0.15, -0.1) is 0 Å². The van der Waals surface area contributed by atoms with E-state index in [9.17, 15) is 5.11 Å². The van der Waals surface area contributed by atoms with Crippen molar-refractivity contribution in [3.63, 3.8) is 0 Å². The average Bonchev–Trinajstić information content (AvgIpc) is 2.89. The van der Waals surface area contributed by atoms with Crippen molar-refractivity contribution in [1.29, 1.82) is 0 Å². The van der Waals surface area contributed by atoms with Crippen LogP contribution >= 0.6 is 0 Å². The van der Waals surface area contributed by atoms with Gasteiger partial charge in [-0.3, -0.25) is 0 Å². The topological polar surface area (TPSA) is 38.7 Å². The van der Waals surface area contributed by atoms with Crippen LogP contribution in [0.25, 0.3) is 0 Å². The number of benzene rings is 1. The Morgan fingerprint density at radius 3 is 2.80 bits per heavy atom. The summed E-state index contributed by atoms with van der Waals surface area (Å²) < 4.78 is 11.4. The normalized spacial score (nSPS) is 22.2. The van der Waals surface area contributed by atoms with Crippen LogP contribution in [-0.2, 0) is 28.3 Å². The fourth-order valence-corrected chi connectivity index (χ4v) is 2.61. The van der Waals surface area contributed by atoms with Crippen LogP contribution in [-0.4, -0.2) is 18.3 Å². The van der Waals surface area contributed by atoms with Crippen LogP contribution in [0.4, 0.5) is 0 Å². The summed E-state index contributed by atoms with van der Waals surface area (Å²) in [5.41, 5.74) is 3.33. The van der Waals surface area contributed by atoms with Gasteiger partial charge in [-0.1, -0.05) is 18.2 Å². The molecule has 80 valence electrons. The number of aliphatic hydroxyl groups is 1. The first-order chi connectivity index (χ1) is 7.36. The van der Waals surface area contributed by atoms with Crippen LogP contribution in [0.3, 0.4) is 0 Å². The Kier molecular flexibility index (Phi) is 2.06. The largest absolute Gasteiger partial charge is 0.392 e. The van der Waals surface area contributed by atoms with Crippen LogP contribution in [0.2, 0.25) is 0 Å². The predicted octanol–water partition coefficient (Wildman–Crippen LogP) is 1.32. The van der Waals surface area contributed by atoms with Crippen LogP contribution in [0.5, 0.6) is 0 Å². The molecule has 0 atom stereocenters. The minimum Gasteiger partial charge on any atom is -0.392 e. The minimum atomic E-state index is -0.499. The van der Waals surface area contributed by atoms with Crippen molar-refractivity contribution in [1.82, 2.24) is 0 Å². The van der Waals surface area contributed by atoms with Crippen molar-refractivity contribution >= 4 is 0 Å². The molecular formula is C12H14O3.